The van der Waals surface area contributed by atoms with E-state index in [4.69, 9.17) is 0 Å². The zero-order chi connectivity index (χ0) is 16.8. The Hall–Kier alpha value is -2.63. The summed E-state index contributed by atoms with van der Waals surface area (Å²) in [6.45, 7) is 0. The van der Waals surface area contributed by atoms with Gasteiger partial charge in [-0.05, 0) is 48.4 Å². The third kappa shape index (κ3) is 2.38. The number of aliphatic carboxylic acids is 1. The van der Waals surface area contributed by atoms with E-state index in [2.05, 4.69) is 10.6 Å². The summed E-state index contributed by atoms with van der Waals surface area (Å²) in [5.41, 5.74) is 2.40. The van der Waals surface area contributed by atoms with Crippen molar-refractivity contribution < 1.29 is 19.5 Å². The van der Waals surface area contributed by atoms with Crippen molar-refractivity contribution in [1.82, 2.24) is 0 Å². The van der Waals surface area contributed by atoms with Crippen LogP contribution in [0.3, 0.4) is 0 Å². The third-order valence-corrected chi connectivity index (χ3v) is 5.32. The lowest BCUT2D eigenvalue weighted by Crippen LogP contribution is -2.36. The van der Waals surface area contributed by atoms with E-state index in [1.807, 2.05) is 18.2 Å². The number of aryl methyl sites for hydroxylation is 1. The maximum Gasteiger partial charge on any atom is 0.307 e. The number of amides is 2. The molecule has 4 atom stereocenters. The van der Waals surface area contributed by atoms with Crippen LogP contribution >= 0.6 is 0 Å². The minimum Gasteiger partial charge on any atom is -0.481 e. The van der Waals surface area contributed by atoms with E-state index < -0.39 is 17.8 Å². The first kappa shape index (κ1) is 14.9. The Labute approximate surface area is 138 Å². The molecule has 0 saturated heterocycles. The maximum atomic E-state index is 12.7. The van der Waals surface area contributed by atoms with Crippen LogP contribution in [0.25, 0.3) is 0 Å². The van der Waals surface area contributed by atoms with Gasteiger partial charge in [0.2, 0.25) is 11.8 Å². The average Bonchev–Trinajstić information content (AvgIpc) is 3.16. The number of allylic oxidation sites excluding steroid dienone is 2. The monoisotopic (exact) mass is 326 g/mol. The fraction of sp³-hybridized carbons (Fsp3) is 0.389. The zero-order valence-electron chi connectivity index (χ0n) is 13.0. The normalized spacial score (nSPS) is 29.9. The zero-order valence-corrected chi connectivity index (χ0v) is 13.0. The van der Waals surface area contributed by atoms with Gasteiger partial charge in [0.05, 0.1) is 11.8 Å². The number of carbonyl (C=O) groups excluding carboxylic acids is 2. The number of carbonyl (C=O) groups is 3. The van der Waals surface area contributed by atoms with Crippen molar-refractivity contribution in [2.24, 2.45) is 23.7 Å². The predicted octanol–water partition coefficient (Wildman–Crippen LogP) is 2.03. The quantitative estimate of drug-likeness (QED) is 0.741. The van der Waals surface area contributed by atoms with Gasteiger partial charge in [0.25, 0.3) is 0 Å². The van der Waals surface area contributed by atoms with Crippen molar-refractivity contribution in [1.29, 1.82) is 0 Å². The second-order valence-corrected chi connectivity index (χ2v) is 6.75. The van der Waals surface area contributed by atoms with Gasteiger partial charge in [0.15, 0.2) is 0 Å². The highest BCUT2D eigenvalue weighted by Gasteiger charge is 2.51. The molecule has 124 valence electrons. The first-order valence-corrected chi connectivity index (χ1v) is 8.17. The van der Waals surface area contributed by atoms with Gasteiger partial charge in [-0.25, -0.2) is 0 Å². The number of rotatable bonds is 3. The van der Waals surface area contributed by atoms with E-state index in [0.29, 0.717) is 18.5 Å². The summed E-state index contributed by atoms with van der Waals surface area (Å²) in [5, 5.41) is 15.1. The highest BCUT2D eigenvalue weighted by Crippen LogP contribution is 2.48. The van der Waals surface area contributed by atoms with Gasteiger partial charge < -0.3 is 15.7 Å². The van der Waals surface area contributed by atoms with Crippen molar-refractivity contribution in [2.75, 3.05) is 10.6 Å². The van der Waals surface area contributed by atoms with Crippen LogP contribution in [0, 0.1) is 23.7 Å². The standard InChI is InChI=1S/C18H18N2O4/c21-14-6-3-9-8-12(4-5-13(9)20-14)19-17(22)15-10-1-2-11(7-10)16(15)18(23)24/h1-2,4-5,8,10-11,15-16H,3,6-7H2,(H,19,22)(H,20,21)(H,23,24)/t10-,11-,15-,16-/m0/s1. The molecule has 1 aromatic rings. The SMILES string of the molecule is O=C1CCc2cc(NC(=O)[C@@H]3[C@@H](C(=O)O)[C@H]4C=C[C@H]3C4)ccc2N1. The molecule has 4 rings (SSSR count). The van der Waals surface area contributed by atoms with Crippen molar-refractivity contribution >= 4 is 29.2 Å². The molecule has 6 heteroatoms. The van der Waals surface area contributed by atoms with Crippen LogP contribution in [0.5, 0.6) is 0 Å². The van der Waals surface area contributed by atoms with E-state index in [1.165, 1.54) is 0 Å². The summed E-state index contributed by atoms with van der Waals surface area (Å²) in [7, 11) is 0. The predicted molar refractivity (Wildman–Crippen MR) is 87.4 cm³/mol. The summed E-state index contributed by atoms with van der Waals surface area (Å²) in [6, 6.07) is 5.37. The smallest absolute Gasteiger partial charge is 0.307 e. The van der Waals surface area contributed by atoms with Crippen molar-refractivity contribution in [3.63, 3.8) is 0 Å². The lowest BCUT2D eigenvalue weighted by atomic mass is 9.82. The fourth-order valence-corrected chi connectivity index (χ4v) is 4.20. The summed E-state index contributed by atoms with van der Waals surface area (Å²) < 4.78 is 0. The maximum absolute atomic E-state index is 12.7. The molecule has 1 aliphatic heterocycles. The van der Waals surface area contributed by atoms with Crippen molar-refractivity contribution in [3.05, 3.63) is 35.9 Å². The van der Waals surface area contributed by atoms with E-state index in [1.54, 1.807) is 12.1 Å². The van der Waals surface area contributed by atoms with Crippen LogP contribution in [0.4, 0.5) is 11.4 Å². The van der Waals surface area contributed by atoms with Crippen molar-refractivity contribution in [3.8, 4) is 0 Å². The summed E-state index contributed by atoms with van der Waals surface area (Å²) in [6.07, 6.45) is 5.71. The molecule has 1 aromatic carbocycles. The van der Waals surface area contributed by atoms with Crippen LogP contribution in [0.15, 0.2) is 30.4 Å². The molecule has 0 aromatic heterocycles. The lowest BCUT2D eigenvalue weighted by Gasteiger charge is -2.24. The molecule has 3 aliphatic rings. The third-order valence-electron chi connectivity index (χ3n) is 5.32. The number of anilines is 2. The fourth-order valence-electron chi connectivity index (χ4n) is 4.20. The molecule has 24 heavy (non-hydrogen) atoms. The van der Waals surface area contributed by atoms with Crippen LogP contribution < -0.4 is 10.6 Å². The summed E-state index contributed by atoms with van der Waals surface area (Å²) in [4.78, 5) is 35.6. The topological polar surface area (TPSA) is 95.5 Å². The number of nitrogens with one attached hydrogen (secondary N) is 2. The first-order valence-electron chi connectivity index (χ1n) is 8.17. The minimum atomic E-state index is -0.903. The van der Waals surface area contributed by atoms with Gasteiger partial charge in [0.1, 0.15) is 0 Å². The molecule has 2 amide bonds. The Morgan fingerprint density at radius 3 is 2.62 bits per heavy atom. The Bertz CT molecular complexity index is 770. The second kappa shape index (κ2) is 5.47. The van der Waals surface area contributed by atoms with Crippen LogP contribution in [0.1, 0.15) is 18.4 Å². The number of fused-ring (bicyclic) bond motifs is 3. The van der Waals surface area contributed by atoms with Gasteiger partial charge in [-0.2, -0.15) is 0 Å². The van der Waals surface area contributed by atoms with Gasteiger partial charge in [-0.3, -0.25) is 14.4 Å². The lowest BCUT2D eigenvalue weighted by molar-refractivity contribution is -0.146. The Kier molecular flexibility index (Phi) is 3.40. The molecule has 1 saturated carbocycles. The number of hydrogen-bond donors (Lipinski definition) is 3. The summed E-state index contributed by atoms with van der Waals surface area (Å²) >= 11 is 0. The molecule has 0 radical (unpaired) electrons. The van der Waals surface area contributed by atoms with E-state index >= 15 is 0 Å². The minimum absolute atomic E-state index is 0.00245. The molecular weight excluding hydrogens is 308 g/mol. The molecule has 2 bridgehead atoms. The number of hydrogen-bond acceptors (Lipinski definition) is 3. The molecule has 1 fully saturated rings. The largest absolute Gasteiger partial charge is 0.481 e. The van der Waals surface area contributed by atoms with Crippen LogP contribution in [-0.2, 0) is 20.8 Å². The van der Waals surface area contributed by atoms with Gasteiger partial charge in [-0.15, -0.1) is 0 Å². The van der Waals surface area contributed by atoms with Crippen LogP contribution in [-0.4, -0.2) is 22.9 Å². The van der Waals surface area contributed by atoms with Gasteiger partial charge in [-0.1, -0.05) is 12.2 Å². The number of carboxylic acids is 1. The average molecular weight is 326 g/mol. The van der Waals surface area contributed by atoms with Gasteiger partial charge in [0, 0.05) is 17.8 Å². The highest BCUT2D eigenvalue weighted by atomic mass is 16.4. The molecule has 0 unspecified atom stereocenters. The highest BCUT2D eigenvalue weighted by molar-refractivity contribution is 5.98. The Balaban J connectivity index is 1.53. The van der Waals surface area contributed by atoms with Gasteiger partial charge >= 0.3 is 5.97 Å². The Morgan fingerprint density at radius 1 is 1.12 bits per heavy atom. The second-order valence-electron chi connectivity index (χ2n) is 6.75. The summed E-state index contributed by atoms with van der Waals surface area (Å²) in [5.74, 6) is -2.34. The molecular formula is C18H18N2O4. The molecule has 1 heterocycles. The van der Waals surface area contributed by atoms with E-state index in [9.17, 15) is 19.5 Å². The van der Waals surface area contributed by atoms with Crippen LogP contribution in [0.2, 0.25) is 0 Å². The van der Waals surface area contributed by atoms with E-state index in [-0.39, 0.29) is 23.7 Å². The molecule has 6 nitrogen and oxygen atoms in total. The first-order chi connectivity index (χ1) is 11.5. The number of benzene rings is 1. The Morgan fingerprint density at radius 2 is 1.88 bits per heavy atom. The molecule has 2 aliphatic carbocycles. The molecule has 3 N–H and O–H groups in total. The number of carboxylic acid groups (broad SMARTS) is 1. The molecule has 0 spiro atoms. The van der Waals surface area contributed by atoms with E-state index in [0.717, 1.165) is 17.7 Å². The van der Waals surface area contributed by atoms with Crippen molar-refractivity contribution in [2.45, 2.75) is 19.3 Å².